The Balaban J connectivity index is 1.51. The maximum absolute atomic E-state index is 13.4. The van der Waals surface area contributed by atoms with E-state index in [1.165, 1.54) is 23.0 Å². The molecule has 0 bridgehead atoms. The molecule has 0 N–H and O–H groups in total. The highest BCUT2D eigenvalue weighted by Crippen LogP contribution is 2.49. The van der Waals surface area contributed by atoms with Gasteiger partial charge in [-0.3, -0.25) is 0 Å². The van der Waals surface area contributed by atoms with Gasteiger partial charge < -0.3 is 9.15 Å². The van der Waals surface area contributed by atoms with Crippen molar-refractivity contribution in [1.82, 2.24) is 19.6 Å². The largest absolute Gasteiger partial charge is 0.437 e. The molecule has 4 heterocycles. The van der Waals surface area contributed by atoms with Gasteiger partial charge in [0.25, 0.3) is 0 Å². The standard InChI is InChI=1S/C28H14BrF3N4O3/c29-17-11-7-15(8-12-17)24-34-25-22-20(14-5-9-16(10-6-14)28(30,31)32)21-23(39-26(22)33-13-36(25)35-24)18-3-1-2-4-19(18)38-27(21)37/h1-13,20H. The van der Waals surface area contributed by atoms with Crippen molar-refractivity contribution in [2.24, 2.45) is 0 Å². The van der Waals surface area contributed by atoms with Gasteiger partial charge in [-0.15, -0.1) is 5.10 Å². The highest BCUT2D eigenvalue weighted by Gasteiger charge is 2.38. The number of halogens is 4. The molecule has 1 atom stereocenters. The third-order valence-corrected chi connectivity index (χ3v) is 7.16. The third-order valence-electron chi connectivity index (χ3n) is 6.64. The normalized spacial score (nSPS) is 14.7. The second kappa shape index (κ2) is 8.50. The minimum Gasteiger partial charge on any atom is -0.437 e. The minimum atomic E-state index is -4.51. The molecule has 3 aromatic heterocycles. The fraction of sp³-hybridized carbons (Fsp3) is 0.0714. The molecule has 1 aliphatic heterocycles. The van der Waals surface area contributed by atoms with Gasteiger partial charge in [-0.2, -0.15) is 13.2 Å². The van der Waals surface area contributed by atoms with Gasteiger partial charge in [0, 0.05) is 10.0 Å². The summed E-state index contributed by atoms with van der Waals surface area (Å²) >= 11 is 3.41. The predicted molar refractivity (Wildman–Crippen MR) is 139 cm³/mol. The summed E-state index contributed by atoms with van der Waals surface area (Å²) in [4.78, 5) is 22.6. The fourth-order valence-electron chi connectivity index (χ4n) is 4.85. The van der Waals surface area contributed by atoms with E-state index in [2.05, 4.69) is 26.0 Å². The quantitative estimate of drug-likeness (QED) is 0.202. The van der Waals surface area contributed by atoms with Crippen LogP contribution in [0.3, 0.4) is 0 Å². The van der Waals surface area contributed by atoms with E-state index in [-0.39, 0.29) is 17.2 Å². The second-order valence-corrected chi connectivity index (χ2v) is 9.87. The maximum atomic E-state index is 13.4. The first-order valence-corrected chi connectivity index (χ1v) is 12.5. The number of fused-ring (bicyclic) bond motifs is 6. The summed E-state index contributed by atoms with van der Waals surface area (Å²) in [6, 6.07) is 18.9. The second-order valence-electron chi connectivity index (χ2n) is 8.96. The molecule has 192 valence electrons. The van der Waals surface area contributed by atoms with Crippen LogP contribution in [-0.4, -0.2) is 19.6 Å². The lowest BCUT2D eigenvalue weighted by Crippen LogP contribution is -2.22. The first-order chi connectivity index (χ1) is 18.8. The van der Waals surface area contributed by atoms with Crippen LogP contribution in [0.1, 0.15) is 28.2 Å². The van der Waals surface area contributed by atoms with Crippen molar-refractivity contribution in [2.75, 3.05) is 0 Å². The zero-order valence-electron chi connectivity index (χ0n) is 19.6. The molecule has 39 heavy (non-hydrogen) atoms. The van der Waals surface area contributed by atoms with E-state index in [0.29, 0.717) is 33.6 Å². The van der Waals surface area contributed by atoms with E-state index >= 15 is 0 Å². The zero-order valence-corrected chi connectivity index (χ0v) is 21.2. The third kappa shape index (κ3) is 3.80. The summed E-state index contributed by atoms with van der Waals surface area (Å²) in [5.74, 6) is -0.0700. The Labute approximate surface area is 225 Å². The van der Waals surface area contributed by atoms with E-state index in [4.69, 9.17) is 14.1 Å². The Morgan fingerprint density at radius 3 is 2.41 bits per heavy atom. The van der Waals surface area contributed by atoms with E-state index in [1.807, 2.05) is 24.3 Å². The van der Waals surface area contributed by atoms with Crippen molar-refractivity contribution >= 4 is 32.5 Å². The van der Waals surface area contributed by atoms with Crippen molar-refractivity contribution < 1.29 is 22.3 Å². The van der Waals surface area contributed by atoms with Crippen LogP contribution in [0.15, 0.2) is 92.8 Å². The number of aromatic nitrogens is 4. The topological polar surface area (TPSA) is 82.5 Å². The molecule has 3 aromatic carbocycles. The molecule has 0 amide bonds. The summed E-state index contributed by atoms with van der Waals surface area (Å²) in [7, 11) is 0. The molecule has 11 heteroatoms. The molecule has 0 spiro atoms. The van der Waals surface area contributed by atoms with Gasteiger partial charge in [-0.05, 0) is 42.0 Å². The van der Waals surface area contributed by atoms with Crippen LogP contribution >= 0.6 is 15.9 Å². The van der Waals surface area contributed by atoms with E-state index in [0.717, 1.165) is 22.2 Å². The number of hydrogen-bond donors (Lipinski definition) is 0. The summed E-state index contributed by atoms with van der Waals surface area (Å²) in [6.45, 7) is 0. The Hall–Kier alpha value is -4.51. The average molecular weight is 591 g/mol. The molecule has 0 aliphatic carbocycles. The molecule has 6 aromatic rings. The van der Waals surface area contributed by atoms with Crippen LogP contribution in [0.5, 0.6) is 11.6 Å². The van der Waals surface area contributed by atoms with E-state index in [1.54, 1.807) is 24.3 Å². The number of ether oxygens (including phenoxy) is 1. The number of rotatable bonds is 2. The van der Waals surface area contributed by atoms with E-state index in [9.17, 15) is 18.0 Å². The maximum Gasteiger partial charge on any atom is 0.416 e. The smallest absolute Gasteiger partial charge is 0.416 e. The fourth-order valence-corrected chi connectivity index (χ4v) is 5.11. The number of benzene rings is 3. The lowest BCUT2D eigenvalue weighted by Gasteiger charge is -2.27. The van der Waals surface area contributed by atoms with Gasteiger partial charge in [-0.25, -0.2) is 19.3 Å². The number of para-hydroxylation sites is 1. The molecule has 0 fully saturated rings. The summed E-state index contributed by atoms with van der Waals surface area (Å²) in [5.41, 5.74) is 0.878. The molecule has 0 saturated carbocycles. The van der Waals surface area contributed by atoms with Gasteiger partial charge in [0.15, 0.2) is 17.2 Å². The number of nitrogens with zero attached hydrogens (tertiary/aromatic N) is 4. The Bertz CT molecular complexity index is 1970. The lowest BCUT2D eigenvalue weighted by molar-refractivity contribution is -0.137. The monoisotopic (exact) mass is 590 g/mol. The van der Waals surface area contributed by atoms with Crippen LogP contribution in [0, 0.1) is 0 Å². The van der Waals surface area contributed by atoms with Crippen molar-refractivity contribution in [3.05, 3.63) is 116 Å². The zero-order chi connectivity index (χ0) is 26.9. The molecule has 7 rings (SSSR count). The highest BCUT2D eigenvalue weighted by molar-refractivity contribution is 9.10. The number of hydrogen-bond acceptors (Lipinski definition) is 6. The summed E-state index contributed by atoms with van der Waals surface area (Å²) < 4.78 is 54.2. The predicted octanol–water partition coefficient (Wildman–Crippen LogP) is 6.96. The van der Waals surface area contributed by atoms with Crippen LogP contribution in [0.25, 0.3) is 28.0 Å². The lowest BCUT2D eigenvalue weighted by atomic mass is 9.84. The van der Waals surface area contributed by atoms with Crippen LogP contribution in [-0.2, 0) is 6.18 Å². The van der Waals surface area contributed by atoms with Crippen molar-refractivity contribution in [3.8, 4) is 23.0 Å². The SMILES string of the molecule is O=c1oc2ccccc2c2c1C(c1ccc(C(F)(F)F)cc1)c1c(ncn3nc(-c4ccc(Br)cc4)nc13)O2. The molecular weight excluding hydrogens is 577 g/mol. The molecule has 7 nitrogen and oxygen atoms in total. The van der Waals surface area contributed by atoms with Crippen LogP contribution < -0.4 is 10.4 Å². The summed E-state index contributed by atoms with van der Waals surface area (Å²) in [6.07, 6.45) is -3.06. The molecule has 0 radical (unpaired) electrons. The Morgan fingerprint density at radius 1 is 0.923 bits per heavy atom. The molecule has 1 aliphatic rings. The van der Waals surface area contributed by atoms with Crippen LogP contribution in [0.2, 0.25) is 0 Å². The molecule has 1 unspecified atom stereocenters. The Kier molecular flexibility index (Phi) is 5.14. The first kappa shape index (κ1) is 23.6. The van der Waals surface area contributed by atoms with Crippen molar-refractivity contribution in [2.45, 2.75) is 12.1 Å². The molecular formula is C28H14BrF3N4O3. The van der Waals surface area contributed by atoms with Gasteiger partial charge in [-0.1, -0.05) is 52.3 Å². The molecule has 0 saturated heterocycles. The van der Waals surface area contributed by atoms with Crippen LogP contribution in [0.4, 0.5) is 13.2 Å². The highest BCUT2D eigenvalue weighted by atomic mass is 79.9. The van der Waals surface area contributed by atoms with Gasteiger partial charge >= 0.3 is 11.8 Å². The number of alkyl halides is 3. The average Bonchev–Trinajstić information content (AvgIpc) is 3.37. The van der Waals surface area contributed by atoms with E-state index < -0.39 is 23.3 Å². The van der Waals surface area contributed by atoms with Gasteiger partial charge in [0.1, 0.15) is 11.9 Å². The van der Waals surface area contributed by atoms with Crippen molar-refractivity contribution in [3.63, 3.8) is 0 Å². The summed E-state index contributed by atoms with van der Waals surface area (Å²) in [5, 5.41) is 5.08. The Morgan fingerprint density at radius 2 is 1.67 bits per heavy atom. The van der Waals surface area contributed by atoms with Crippen molar-refractivity contribution in [1.29, 1.82) is 0 Å². The van der Waals surface area contributed by atoms with Gasteiger partial charge in [0.2, 0.25) is 5.88 Å². The first-order valence-electron chi connectivity index (χ1n) is 11.7. The van der Waals surface area contributed by atoms with Gasteiger partial charge in [0.05, 0.1) is 28.0 Å². The minimum absolute atomic E-state index is 0.143.